The molecule has 0 aliphatic heterocycles. The van der Waals surface area contributed by atoms with Crippen LogP contribution in [0.1, 0.15) is 11.1 Å². The fraction of sp³-hybridized carbons (Fsp3) is 0.400. The van der Waals surface area contributed by atoms with Gasteiger partial charge >= 0.3 is 0 Å². The zero-order valence-corrected chi connectivity index (χ0v) is 10.0. The average molecular weight is 261 g/mol. The molecule has 78 valence electrons. The average Bonchev–Trinajstić information content (AvgIpc) is 2.17. The van der Waals surface area contributed by atoms with Crippen LogP contribution >= 0.6 is 15.9 Å². The number of benzene rings is 1. The fourth-order valence-electron chi connectivity index (χ4n) is 1.30. The van der Waals surface area contributed by atoms with Gasteiger partial charge in [0.1, 0.15) is 0 Å². The number of halogens is 1. The van der Waals surface area contributed by atoms with E-state index < -0.39 is 0 Å². The van der Waals surface area contributed by atoms with Gasteiger partial charge < -0.3 is 14.6 Å². The summed E-state index contributed by atoms with van der Waals surface area (Å²) in [6.45, 7) is 1.89. The maximum atomic E-state index is 9.16. The van der Waals surface area contributed by atoms with Crippen LogP contribution in [0.5, 0.6) is 11.5 Å². The van der Waals surface area contributed by atoms with Crippen LogP contribution in [0.2, 0.25) is 0 Å². The van der Waals surface area contributed by atoms with Gasteiger partial charge in [0.15, 0.2) is 11.5 Å². The van der Waals surface area contributed by atoms with E-state index in [0.717, 1.165) is 15.6 Å². The molecule has 0 saturated heterocycles. The molecule has 1 aromatic rings. The number of rotatable bonds is 3. The molecule has 0 aromatic heterocycles. The summed E-state index contributed by atoms with van der Waals surface area (Å²) in [5.74, 6) is 1.27. The van der Waals surface area contributed by atoms with Crippen LogP contribution in [0.4, 0.5) is 0 Å². The first-order chi connectivity index (χ1) is 6.65. The number of hydrogen-bond donors (Lipinski definition) is 1. The number of hydrogen-bond acceptors (Lipinski definition) is 3. The summed E-state index contributed by atoms with van der Waals surface area (Å²) >= 11 is 3.38. The Morgan fingerprint density at radius 1 is 1.36 bits per heavy atom. The van der Waals surface area contributed by atoms with E-state index in [4.69, 9.17) is 14.6 Å². The predicted molar refractivity (Wildman–Crippen MR) is 57.9 cm³/mol. The summed E-state index contributed by atoms with van der Waals surface area (Å²) in [5, 5.41) is 9.16. The van der Waals surface area contributed by atoms with Crippen molar-refractivity contribution in [2.75, 3.05) is 14.2 Å². The van der Waals surface area contributed by atoms with Crippen molar-refractivity contribution < 1.29 is 14.6 Å². The second-order valence-corrected chi connectivity index (χ2v) is 3.67. The molecule has 0 amide bonds. The van der Waals surface area contributed by atoms with Crippen molar-refractivity contribution in [3.05, 3.63) is 21.7 Å². The van der Waals surface area contributed by atoms with Crippen molar-refractivity contribution in [1.29, 1.82) is 0 Å². The molecule has 3 nitrogen and oxygen atoms in total. The quantitative estimate of drug-likeness (QED) is 0.907. The molecule has 0 fully saturated rings. The Hall–Kier alpha value is -0.740. The van der Waals surface area contributed by atoms with Crippen molar-refractivity contribution >= 4 is 15.9 Å². The molecular weight excluding hydrogens is 248 g/mol. The zero-order chi connectivity index (χ0) is 10.7. The topological polar surface area (TPSA) is 38.7 Å². The highest BCUT2D eigenvalue weighted by Gasteiger charge is 2.14. The van der Waals surface area contributed by atoms with Gasteiger partial charge in [-0.25, -0.2) is 0 Å². The minimum atomic E-state index is -0.0211. The molecule has 0 aliphatic carbocycles. The minimum Gasteiger partial charge on any atom is -0.493 e. The first-order valence-corrected chi connectivity index (χ1v) is 4.95. The van der Waals surface area contributed by atoms with E-state index in [2.05, 4.69) is 15.9 Å². The summed E-state index contributed by atoms with van der Waals surface area (Å²) in [6.07, 6.45) is 0. The molecule has 4 heteroatoms. The van der Waals surface area contributed by atoms with Gasteiger partial charge in [-0.2, -0.15) is 0 Å². The van der Waals surface area contributed by atoms with Gasteiger partial charge in [-0.1, -0.05) is 0 Å². The Balaban J connectivity index is 3.39. The molecule has 1 aromatic carbocycles. The Morgan fingerprint density at radius 2 is 2.00 bits per heavy atom. The lowest BCUT2D eigenvalue weighted by molar-refractivity contribution is 0.278. The molecule has 0 radical (unpaired) electrons. The molecule has 0 atom stereocenters. The van der Waals surface area contributed by atoms with Crippen LogP contribution in [0.3, 0.4) is 0 Å². The van der Waals surface area contributed by atoms with Gasteiger partial charge in [-0.05, 0) is 40.0 Å². The first-order valence-electron chi connectivity index (χ1n) is 4.16. The molecule has 0 spiro atoms. The fourth-order valence-corrected chi connectivity index (χ4v) is 2.10. The lowest BCUT2D eigenvalue weighted by Crippen LogP contribution is -1.98. The smallest absolute Gasteiger partial charge is 0.175 e. The highest BCUT2D eigenvalue weighted by Crippen LogP contribution is 2.39. The third-order valence-corrected chi connectivity index (χ3v) is 2.93. The van der Waals surface area contributed by atoms with Crippen molar-refractivity contribution in [3.63, 3.8) is 0 Å². The Kier molecular flexibility index (Phi) is 3.77. The monoisotopic (exact) mass is 260 g/mol. The third kappa shape index (κ3) is 1.86. The van der Waals surface area contributed by atoms with Crippen molar-refractivity contribution in [2.45, 2.75) is 13.5 Å². The third-order valence-electron chi connectivity index (χ3n) is 2.09. The second kappa shape index (κ2) is 4.66. The summed E-state index contributed by atoms with van der Waals surface area (Å²) < 4.78 is 11.1. The number of aliphatic hydroxyl groups is 1. The van der Waals surface area contributed by atoms with E-state index in [9.17, 15) is 0 Å². The van der Waals surface area contributed by atoms with E-state index in [1.54, 1.807) is 14.2 Å². The number of aryl methyl sites for hydroxylation is 1. The molecular formula is C10H13BrO3. The minimum absolute atomic E-state index is 0.0211. The van der Waals surface area contributed by atoms with Gasteiger partial charge in [0.05, 0.1) is 25.3 Å². The van der Waals surface area contributed by atoms with Gasteiger partial charge in [-0.15, -0.1) is 0 Å². The van der Waals surface area contributed by atoms with Crippen LogP contribution in [-0.2, 0) is 6.61 Å². The lowest BCUT2D eigenvalue weighted by Gasteiger charge is -2.14. The summed E-state index contributed by atoms with van der Waals surface area (Å²) in [5.41, 5.74) is 1.79. The summed E-state index contributed by atoms with van der Waals surface area (Å²) in [7, 11) is 3.15. The van der Waals surface area contributed by atoms with E-state index in [-0.39, 0.29) is 6.61 Å². The number of aliphatic hydroxyl groups excluding tert-OH is 1. The maximum absolute atomic E-state index is 9.16. The molecule has 14 heavy (non-hydrogen) atoms. The standard InChI is InChI=1S/C10H13BrO3/c1-6-4-8(13-2)10(14-3)9(11)7(6)5-12/h4,12H,5H2,1-3H3. The molecule has 0 saturated carbocycles. The van der Waals surface area contributed by atoms with Gasteiger partial charge in [0, 0.05) is 0 Å². The Morgan fingerprint density at radius 3 is 2.43 bits per heavy atom. The summed E-state index contributed by atoms with van der Waals surface area (Å²) in [6, 6.07) is 1.84. The van der Waals surface area contributed by atoms with Crippen LogP contribution < -0.4 is 9.47 Å². The van der Waals surface area contributed by atoms with Gasteiger partial charge in [0.2, 0.25) is 0 Å². The Labute approximate surface area is 91.8 Å². The molecule has 0 unspecified atom stereocenters. The molecule has 0 heterocycles. The van der Waals surface area contributed by atoms with Crippen molar-refractivity contribution in [2.24, 2.45) is 0 Å². The van der Waals surface area contributed by atoms with Crippen LogP contribution in [-0.4, -0.2) is 19.3 Å². The molecule has 0 aliphatic rings. The van der Waals surface area contributed by atoms with E-state index in [0.29, 0.717) is 11.5 Å². The molecule has 1 N–H and O–H groups in total. The Bertz CT molecular complexity index is 337. The first kappa shape index (κ1) is 11.3. The largest absolute Gasteiger partial charge is 0.493 e. The SMILES string of the molecule is COc1cc(C)c(CO)c(Br)c1OC. The van der Waals surface area contributed by atoms with E-state index >= 15 is 0 Å². The van der Waals surface area contributed by atoms with Crippen LogP contribution in [0.15, 0.2) is 10.5 Å². The number of ether oxygens (including phenoxy) is 2. The second-order valence-electron chi connectivity index (χ2n) is 2.88. The molecule has 0 bridgehead atoms. The predicted octanol–water partition coefficient (Wildman–Crippen LogP) is 2.27. The van der Waals surface area contributed by atoms with E-state index in [1.807, 2.05) is 13.0 Å². The van der Waals surface area contributed by atoms with Gasteiger partial charge in [0.25, 0.3) is 0 Å². The van der Waals surface area contributed by atoms with Crippen molar-refractivity contribution in [3.8, 4) is 11.5 Å². The van der Waals surface area contributed by atoms with Gasteiger partial charge in [-0.3, -0.25) is 0 Å². The maximum Gasteiger partial charge on any atom is 0.175 e. The normalized spacial score (nSPS) is 10.1. The molecule has 1 rings (SSSR count). The number of methoxy groups -OCH3 is 2. The zero-order valence-electron chi connectivity index (χ0n) is 8.43. The summed E-state index contributed by atoms with van der Waals surface area (Å²) in [4.78, 5) is 0. The van der Waals surface area contributed by atoms with E-state index in [1.165, 1.54) is 0 Å². The van der Waals surface area contributed by atoms with Crippen LogP contribution in [0, 0.1) is 6.92 Å². The van der Waals surface area contributed by atoms with Crippen LogP contribution in [0.25, 0.3) is 0 Å². The highest BCUT2D eigenvalue weighted by molar-refractivity contribution is 9.10. The highest BCUT2D eigenvalue weighted by atomic mass is 79.9. The lowest BCUT2D eigenvalue weighted by atomic mass is 10.1. The van der Waals surface area contributed by atoms with Crippen molar-refractivity contribution in [1.82, 2.24) is 0 Å².